The van der Waals surface area contributed by atoms with Crippen LogP contribution in [0.5, 0.6) is 0 Å². The molecular weight excluding hydrogens is 208 g/mol. The van der Waals surface area contributed by atoms with E-state index >= 15 is 0 Å². The van der Waals surface area contributed by atoms with Gasteiger partial charge in [-0.25, -0.2) is 0 Å². The van der Waals surface area contributed by atoms with Crippen LogP contribution >= 0.6 is 0 Å². The first kappa shape index (κ1) is 12.9. The number of benzene rings is 2. The van der Waals surface area contributed by atoms with Crippen molar-refractivity contribution in [2.45, 2.75) is 6.92 Å². The van der Waals surface area contributed by atoms with E-state index in [1.807, 2.05) is 49.4 Å². The molecule has 0 heterocycles. The van der Waals surface area contributed by atoms with Gasteiger partial charge in [0.1, 0.15) is 6.29 Å². The van der Waals surface area contributed by atoms with Crippen molar-refractivity contribution in [1.29, 1.82) is 0 Å². The number of carbonyl (C=O) groups is 1. The summed E-state index contributed by atoms with van der Waals surface area (Å²) in [7, 11) is 0. The molecular formula is C16H16O. The lowest BCUT2D eigenvalue weighted by Gasteiger charge is -2.00. The molecule has 0 aliphatic heterocycles. The Kier molecular flexibility index (Phi) is 5.45. The Morgan fingerprint density at radius 1 is 0.882 bits per heavy atom. The molecule has 17 heavy (non-hydrogen) atoms. The highest BCUT2D eigenvalue weighted by Crippen LogP contribution is 2.18. The first-order valence-corrected chi connectivity index (χ1v) is 5.49. The molecule has 0 amide bonds. The molecule has 2 aromatic rings. The van der Waals surface area contributed by atoms with Crippen molar-refractivity contribution in [2.75, 3.05) is 0 Å². The molecule has 0 unspecified atom stereocenters. The molecule has 0 radical (unpaired) electrons. The summed E-state index contributed by atoms with van der Waals surface area (Å²) in [6, 6.07) is 17.7. The Morgan fingerprint density at radius 2 is 1.35 bits per heavy atom. The molecule has 1 nitrogen and oxygen atoms in total. The molecule has 0 fully saturated rings. The molecule has 0 aromatic heterocycles. The van der Waals surface area contributed by atoms with Gasteiger partial charge >= 0.3 is 0 Å². The van der Waals surface area contributed by atoms with Gasteiger partial charge < -0.3 is 0 Å². The Balaban J connectivity index is 0.000000437. The number of aldehydes is 1. The lowest BCUT2D eigenvalue weighted by molar-refractivity contribution is 0.112. The van der Waals surface area contributed by atoms with Crippen LogP contribution in [-0.4, -0.2) is 6.29 Å². The van der Waals surface area contributed by atoms with Crippen molar-refractivity contribution in [1.82, 2.24) is 0 Å². The van der Waals surface area contributed by atoms with Gasteiger partial charge in [-0.05, 0) is 18.1 Å². The maximum Gasteiger partial charge on any atom is 0.150 e. The van der Waals surface area contributed by atoms with Crippen molar-refractivity contribution in [2.24, 2.45) is 0 Å². The van der Waals surface area contributed by atoms with Gasteiger partial charge in [0.05, 0.1) is 0 Å². The monoisotopic (exact) mass is 224 g/mol. The Morgan fingerprint density at radius 3 is 1.82 bits per heavy atom. The SMILES string of the molecule is C=CC.O=Cc1ccc(-c2ccccc2)cc1. The van der Waals surface area contributed by atoms with Crippen LogP contribution in [-0.2, 0) is 0 Å². The van der Waals surface area contributed by atoms with Crippen molar-refractivity contribution in [3.8, 4) is 11.1 Å². The molecule has 0 atom stereocenters. The first-order chi connectivity index (χ1) is 8.31. The lowest BCUT2D eigenvalue weighted by atomic mass is 10.0. The van der Waals surface area contributed by atoms with E-state index in [0.29, 0.717) is 5.56 Å². The van der Waals surface area contributed by atoms with Gasteiger partial charge in [0.15, 0.2) is 0 Å². The van der Waals surface area contributed by atoms with E-state index < -0.39 is 0 Å². The second kappa shape index (κ2) is 7.18. The summed E-state index contributed by atoms with van der Waals surface area (Å²) >= 11 is 0. The summed E-state index contributed by atoms with van der Waals surface area (Å²) in [6.45, 7) is 5.25. The molecule has 86 valence electrons. The minimum Gasteiger partial charge on any atom is -0.298 e. The molecule has 0 N–H and O–H groups in total. The second-order valence-electron chi connectivity index (χ2n) is 3.51. The quantitative estimate of drug-likeness (QED) is 0.547. The van der Waals surface area contributed by atoms with Crippen molar-refractivity contribution in [3.63, 3.8) is 0 Å². The lowest BCUT2D eigenvalue weighted by Crippen LogP contribution is -1.80. The van der Waals surface area contributed by atoms with Crippen molar-refractivity contribution in [3.05, 3.63) is 72.8 Å². The van der Waals surface area contributed by atoms with E-state index in [1.165, 1.54) is 5.56 Å². The summed E-state index contributed by atoms with van der Waals surface area (Å²) in [5.74, 6) is 0. The number of allylic oxidation sites excluding steroid dienone is 1. The third kappa shape index (κ3) is 4.07. The molecule has 1 heteroatoms. The fraction of sp³-hybridized carbons (Fsp3) is 0.0625. The van der Waals surface area contributed by atoms with Gasteiger partial charge in [0.25, 0.3) is 0 Å². The predicted octanol–water partition coefficient (Wildman–Crippen LogP) is 4.36. The van der Waals surface area contributed by atoms with Gasteiger partial charge in [-0.3, -0.25) is 4.79 Å². The highest BCUT2D eigenvalue weighted by atomic mass is 16.1. The fourth-order valence-electron chi connectivity index (χ4n) is 1.38. The third-order valence-corrected chi connectivity index (χ3v) is 2.15. The van der Waals surface area contributed by atoms with Gasteiger partial charge in [-0.1, -0.05) is 60.7 Å². The maximum absolute atomic E-state index is 10.5. The highest BCUT2D eigenvalue weighted by Gasteiger charge is 1.95. The molecule has 0 saturated carbocycles. The first-order valence-electron chi connectivity index (χ1n) is 5.49. The van der Waals surface area contributed by atoms with Crippen molar-refractivity contribution < 1.29 is 4.79 Å². The largest absolute Gasteiger partial charge is 0.298 e. The molecule has 2 rings (SSSR count). The molecule has 0 bridgehead atoms. The topological polar surface area (TPSA) is 17.1 Å². The van der Waals surface area contributed by atoms with E-state index in [0.717, 1.165) is 11.8 Å². The Hall–Kier alpha value is -2.15. The molecule has 2 aromatic carbocycles. The van der Waals surface area contributed by atoms with Gasteiger partial charge in [0.2, 0.25) is 0 Å². The molecule has 0 aliphatic carbocycles. The minimum absolute atomic E-state index is 0.713. The Bertz CT molecular complexity index is 455. The highest BCUT2D eigenvalue weighted by molar-refractivity contribution is 5.76. The summed E-state index contributed by atoms with van der Waals surface area (Å²) in [6.07, 6.45) is 2.61. The van der Waals surface area contributed by atoms with Gasteiger partial charge in [-0.2, -0.15) is 0 Å². The second-order valence-corrected chi connectivity index (χ2v) is 3.51. The van der Waals surface area contributed by atoms with E-state index in [9.17, 15) is 4.79 Å². The zero-order valence-corrected chi connectivity index (χ0v) is 9.97. The summed E-state index contributed by atoms with van der Waals surface area (Å²) in [5, 5.41) is 0. The van der Waals surface area contributed by atoms with Crippen LogP contribution < -0.4 is 0 Å². The number of carbonyl (C=O) groups excluding carboxylic acids is 1. The van der Waals surface area contributed by atoms with Crippen LogP contribution in [0, 0.1) is 0 Å². The molecule has 0 saturated heterocycles. The zero-order chi connectivity index (χ0) is 12.5. The molecule has 0 spiro atoms. The summed E-state index contributed by atoms with van der Waals surface area (Å²) in [5.41, 5.74) is 3.02. The average Bonchev–Trinajstić information content (AvgIpc) is 2.41. The Labute approximate surface area is 102 Å². The predicted molar refractivity (Wildman–Crippen MR) is 73.1 cm³/mol. The fourth-order valence-corrected chi connectivity index (χ4v) is 1.38. The van der Waals surface area contributed by atoms with E-state index in [1.54, 1.807) is 6.08 Å². The minimum atomic E-state index is 0.713. The van der Waals surface area contributed by atoms with Crippen LogP contribution in [0.2, 0.25) is 0 Å². The summed E-state index contributed by atoms with van der Waals surface area (Å²) in [4.78, 5) is 10.5. The van der Waals surface area contributed by atoms with Crippen LogP contribution in [0.25, 0.3) is 11.1 Å². The van der Waals surface area contributed by atoms with Crippen molar-refractivity contribution >= 4 is 6.29 Å². The van der Waals surface area contributed by atoms with E-state index in [4.69, 9.17) is 0 Å². The van der Waals surface area contributed by atoms with Gasteiger partial charge in [0, 0.05) is 5.56 Å². The van der Waals surface area contributed by atoms with Gasteiger partial charge in [-0.15, -0.1) is 6.58 Å². The standard InChI is InChI=1S/C13H10O.C3H6/c14-10-11-6-8-13(9-7-11)12-4-2-1-3-5-12;1-3-2/h1-10H;3H,1H2,2H3. The van der Waals surface area contributed by atoms with E-state index in [-0.39, 0.29) is 0 Å². The zero-order valence-electron chi connectivity index (χ0n) is 9.97. The normalized spacial score (nSPS) is 8.76. The third-order valence-electron chi connectivity index (χ3n) is 2.15. The van der Waals surface area contributed by atoms with Crippen LogP contribution in [0.3, 0.4) is 0 Å². The number of rotatable bonds is 2. The maximum atomic E-state index is 10.5. The van der Waals surface area contributed by atoms with Crippen LogP contribution in [0.15, 0.2) is 67.3 Å². The van der Waals surface area contributed by atoms with Crippen LogP contribution in [0.1, 0.15) is 17.3 Å². The molecule has 0 aliphatic rings. The average molecular weight is 224 g/mol. The van der Waals surface area contributed by atoms with E-state index in [2.05, 4.69) is 18.7 Å². The smallest absolute Gasteiger partial charge is 0.150 e. The summed E-state index contributed by atoms with van der Waals surface area (Å²) < 4.78 is 0. The van der Waals surface area contributed by atoms with Crippen LogP contribution in [0.4, 0.5) is 0 Å². The number of hydrogen-bond acceptors (Lipinski definition) is 1. The number of hydrogen-bond donors (Lipinski definition) is 0.